The van der Waals surface area contributed by atoms with Gasteiger partial charge in [0.1, 0.15) is 5.69 Å². The fourth-order valence-electron chi connectivity index (χ4n) is 4.91. The second-order valence-corrected chi connectivity index (χ2v) is 7.65. The number of nitrogens with zero attached hydrogens (tertiary/aromatic N) is 3. The number of hydrogen-bond donors (Lipinski definition) is 0. The van der Waals surface area contributed by atoms with Crippen LogP contribution in [0.3, 0.4) is 0 Å². The van der Waals surface area contributed by atoms with Crippen LogP contribution in [-0.4, -0.2) is 41.1 Å². The van der Waals surface area contributed by atoms with Crippen LogP contribution in [0.4, 0.5) is 0 Å². The van der Waals surface area contributed by atoms with Crippen molar-refractivity contribution >= 4 is 17.4 Å². The Labute approximate surface area is 130 Å². The van der Waals surface area contributed by atoms with E-state index in [4.69, 9.17) is 11.6 Å². The molecule has 1 aromatic rings. The number of halogens is 1. The van der Waals surface area contributed by atoms with Gasteiger partial charge in [-0.1, -0.05) is 11.6 Å². The summed E-state index contributed by atoms with van der Waals surface area (Å²) in [5.41, 5.74) is 0.650. The van der Waals surface area contributed by atoms with Crippen molar-refractivity contribution in [2.45, 2.75) is 25.8 Å². The largest absolute Gasteiger partial charge is 0.308 e. The van der Waals surface area contributed by atoms with Gasteiger partial charge in [0.05, 0.1) is 17.8 Å². The molecule has 0 radical (unpaired) electrons. The van der Waals surface area contributed by atoms with E-state index in [9.17, 15) is 4.79 Å². The maximum atomic E-state index is 12.9. The van der Waals surface area contributed by atoms with E-state index < -0.39 is 0 Å². The molecule has 0 saturated heterocycles. The third kappa shape index (κ3) is 2.07. The monoisotopic (exact) mass is 307 g/mol. The highest BCUT2D eigenvalue weighted by Gasteiger charge is 2.67. The highest BCUT2D eigenvalue weighted by Crippen LogP contribution is 2.70. The third-order valence-corrected chi connectivity index (χ3v) is 6.10. The second kappa shape index (κ2) is 4.82. The van der Waals surface area contributed by atoms with E-state index in [-0.39, 0.29) is 11.7 Å². The average molecular weight is 308 g/mol. The number of hydrogen-bond acceptors (Lipinski definition) is 3. The zero-order valence-electron chi connectivity index (χ0n) is 12.6. The normalized spacial score (nSPS) is 36.3. The predicted molar refractivity (Wildman–Crippen MR) is 81.4 cm³/mol. The summed E-state index contributed by atoms with van der Waals surface area (Å²) in [6.07, 6.45) is 5.66. The Hall–Kier alpha value is -0.870. The molecule has 21 heavy (non-hydrogen) atoms. The van der Waals surface area contributed by atoms with E-state index in [1.54, 1.807) is 10.9 Å². The van der Waals surface area contributed by atoms with Crippen molar-refractivity contribution in [2.75, 3.05) is 20.6 Å². The van der Waals surface area contributed by atoms with Crippen LogP contribution in [0.1, 0.15) is 29.8 Å². The highest BCUT2D eigenvalue weighted by molar-refractivity contribution is 6.33. The van der Waals surface area contributed by atoms with E-state index in [1.807, 2.05) is 14.1 Å². The Morgan fingerprint density at radius 1 is 1.38 bits per heavy atom. The number of likely N-dealkylation sites (N-methyl/N-ethyl adjacent to an activating group) is 1. The van der Waals surface area contributed by atoms with Crippen molar-refractivity contribution in [1.82, 2.24) is 14.7 Å². The van der Waals surface area contributed by atoms with E-state index in [0.29, 0.717) is 22.6 Å². The van der Waals surface area contributed by atoms with Crippen molar-refractivity contribution in [3.05, 3.63) is 16.9 Å². The molecule has 2 bridgehead atoms. The maximum absolute atomic E-state index is 12.9. The fourth-order valence-corrected chi connectivity index (χ4v) is 5.14. The van der Waals surface area contributed by atoms with Crippen molar-refractivity contribution < 1.29 is 4.79 Å². The van der Waals surface area contributed by atoms with Gasteiger partial charge in [-0.15, -0.1) is 0 Å². The summed E-state index contributed by atoms with van der Waals surface area (Å²) in [5, 5.41) is 4.83. The van der Waals surface area contributed by atoms with Gasteiger partial charge in [0.15, 0.2) is 5.78 Å². The third-order valence-electron chi connectivity index (χ3n) is 5.83. The fraction of sp³-hybridized carbons (Fsp3) is 0.750. The Morgan fingerprint density at radius 3 is 2.67 bits per heavy atom. The number of carbonyl (C=O) groups excluding carboxylic acids is 1. The summed E-state index contributed by atoms with van der Waals surface area (Å²) in [6, 6.07) is 0. The maximum Gasteiger partial charge on any atom is 0.186 e. The number of Topliss-reactive ketones (excluding diaryl/α,β-unsaturated/α-hetero) is 1. The van der Waals surface area contributed by atoms with Crippen LogP contribution < -0.4 is 0 Å². The summed E-state index contributed by atoms with van der Waals surface area (Å²) in [6.45, 7) is 1.58. The van der Waals surface area contributed by atoms with Crippen molar-refractivity contribution in [3.8, 4) is 0 Å². The number of carbonyl (C=O) groups is 1. The molecule has 5 heteroatoms. The van der Waals surface area contributed by atoms with Crippen LogP contribution in [0.25, 0.3) is 0 Å². The van der Waals surface area contributed by atoms with Crippen LogP contribution >= 0.6 is 11.6 Å². The zero-order chi connectivity index (χ0) is 14.7. The topological polar surface area (TPSA) is 38.1 Å². The smallest absolute Gasteiger partial charge is 0.186 e. The van der Waals surface area contributed by atoms with Crippen molar-refractivity contribution in [1.29, 1.82) is 0 Å². The quantitative estimate of drug-likeness (QED) is 0.785. The lowest BCUT2D eigenvalue weighted by Gasteiger charge is -2.13. The SMILES string of the molecule is CN(C)CCn1ncc(Cl)c1C(=O)C1C2C3CCC(C3)C12. The van der Waals surface area contributed by atoms with Gasteiger partial charge >= 0.3 is 0 Å². The van der Waals surface area contributed by atoms with Gasteiger partial charge in [-0.3, -0.25) is 9.48 Å². The molecule has 0 N–H and O–H groups in total. The first-order valence-corrected chi connectivity index (χ1v) is 8.36. The van der Waals surface area contributed by atoms with Gasteiger partial charge in [0.2, 0.25) is 0 Å². The first-order valence-electron chi connectivity index (χ1n) is 7.98. The van der Waals surface area contributed by atoms with Gasteiger partial charge in [-0.2, -0.15) is 5.10 Å². The molecule has 4 atom stereocenters. The van der Waals surface area contributed by atoms with Crippen molar-refractivity contribution in [3.63, 3.8) is 0 Å². The van der Waals surface area contributed by atoms with E-state index in [1.165, 1.54) is 19.3 Å². The summed E-state index contributed by atoms with van der Waals surface area (Å²) in [5.74, 6) is 3.43. The van der Waals surface area contributed by atoms with Crippen LogP contribution in [0, 0.1) is 29.6 Å². The second-order valence-electron chi connectivity index (χ2n) is 7.25. The predicted octanol–water partition coefficient (Wildman–Crippen LogP) is 2.57. The molecule has 3 aliphatic rings. The lowest BCUT2D eigenvalue weighted by Crippen LogP contribution is -2.22. The Morgan fingerprint density at radius 2 is 2.05 bits per heavy atom. The molecule has 0 spiro atoms. The Bertz CT molecular complexity index is 566. The summed E-state index contributed by atoms with van der Waals surface area (Å²) in [7, 11) is 4.05. The molecule has 4 unspecified atom stereocenters. The first-order chi connectivity index (χ1) is 10.1. The molecule has 4 rings (SSSR count). The highest BCUT2D eigenvalue weighted by atomic mass is 35.5. The average Bonchev–Trinajstić information content (AvgIpc) is 2.74. The Kier molecular flexibility index (Phi) is 3.16. The van der Waals surface area contributed by atoms with Crippen LogP contribution in [0.2, 0.25) is 5.02 Å². The van der Waals surface area contributed by atoms with Gasteiger partial charge in [-0.25, -0.2) is 0 Å². The molecular formula is C16H22ClN3O. The molecule has 3 saturated carbocycles. The first kappa shape index (κ1) is 13.8. The molecule has 3 fully saturated rings. The molecule has 1 aromatic heterocycles. The van der Waals surface area contributed by atoms with Crippen LogP contribution in [-0.2, 0) is 6.54 Å². The molecule has 0 aliphatic heterocycles. The zero-order valence-corrected chi connectivity index (χ0v) is 13.4. The minimum absolute atomic E-state index is 0.239. The molecule has 114 valence electrons. The Balaban J connectivity index is 1.54. The molecular weight excluding hydrogens is 286 g/mol. The van der Waals surface area contributed by atoms with E-state index in [0.717, 1.165) is 24.9 Å². The lowest BCUT2D eigenvalue weighted by molar-refractivity contribution is 0.0933. The van der Waals surface area contributed by atoms with Gasteiger partial charge in [0.25, 0.3) is 0 Å². The van der Waals surface area contributed by atoms with Crippen LogP contribution in [0.15, 0.2) is 6.20 Å². The number of ketones is 1. The molecule has 0 aromatic carbocycles. The molecule has 1 heterocycles. The van der Waals surface area contributed by atoms with Crippen molar-refractivity contribution in [2.24, 2.45) is 29.6 Å². The molecule has 3 aliphatic carbocycles. The minimum Gasteiger partial charge on any atom is -0.308 e. The van der Waals surface area contributed by atoms with Gasteiger partial charge < -0.3 is 4.90 Å². The number of aromatic nitrogens is 2. The van der Waals surface area contributed by atoms with E-state index >= 15 is 0 Å². The lowest BCUT2D eigenvalue weighted by atomic mass is 9.98. The van der Waals surface area contributed by atoms with Gasteiger partial charge in [0, 0.05) is 12.5 Å². The summed E-state index contributed by atoms with van der Waals surface area (Å²) >= 11 is 6.25. The van der Waals surface area contributed by atoms with E-state index in [2.05, 4.69) is 10.00 Å². The standard InChI is InChI=1S/C16H22ClN3O/c1-19(2)5-6-20-15(11(17)8-18-20)16(21)14-12-9-3-4-10(7-9)13(12)14/h8-10,12-14H,3-7H2,1-2H3. The van der Waals surface area contributed by atoms with Crippen LogP contribution in [0.5, 0.6) is 0 Å². The summed E-state index contributed by atoms with van der Waals surface area (Å²) in [4.78, 5) is 15.0. The molecule has 0 amide bonds. The molecule has 4 nitrogen and oxygen atoms in total. The van der Waals surface area contributed by atoms with Gasteiger partial charge in [-0.05, 0) is 57.0 Å². The number of fused-ring (bicyclic) bond motifs is 5. The summed E-state index contributed by atoms with van der Waals surface area (Å²) < 4.78 is 1.81. The minimum atomic E-state index is 0.239. The number of rotatable bonds is 5.